The molecule has 0 aliphatic rings. The first-order valence-electron chi connectivity index (χ1n) is 4.24. The van der Waals surface area contributed by atoms with Crippen LogP contribution in [-0.4, -0.2) is 6.04 Å². The first-order valence-corrected chi connectivity index (χ1v) is 5.03. The minimum Gasteiger partial charge on any atom is -0.383 e. The average molecular weight is 228 g/mol. The normalized spacial score (nSPS) is 12.6. The molecule has 12 heavy (non-hydrogen) atoms. The van der Waals surface area contributed by atoms with Gasteiger partial charge in [-0.1, -0.05) is 28.9 Å². The van der Waals surface area contributed by atoms with Crippen LogP contribution in [0.25, 0.3) is 0 Å². The largest absolute Gasteiger partial charge is 0.383 e. The zero-order valence-electron chi connectivity index (χ0n) is 7.47. The molecule has 0 aromatic heterocycles. The number of rotatable bonds is 3. The SMILES string of the molecule is CCC(C)Nc1cccc(Br)c1. The lowest BCUT2D eigenvalue weighted by Crippen LogP contribution is -2.12. The monoisotopic (exact) mass is 227 g/mol. The predicted octanol–water partition coefficient (Wildman–Crippen LogP) is 3.66. The Morgan fingerprint density at radius 2 is 2.25 bits per heavy atom. The topological polar surface area (TPSA) is 12.0 Å². The van der Waals surface area contributed by atoms with Gasteiger partial charge in [-0.2, -0.15) is 0 Å². The Hall–Kier alpha value is -0.500. The maximum absolute atomic E-state index is 3.43. The molecule has 0 heterocycles. The number of benzene rings is 1. The van der Waals surface area contributed by atoms with Gasteiger partial charge in [0.25, 0.3) is 0 Å². The van der Waals surface area contributed by atoms with Crippen LogP contribution in [0.4, 0.5) is 5.69 Å². The van der Waals surface area contributed by atoms with Crippen molar-refractivity contribution in [3.63, 3.8) is 0 Å². The standard InChI is InChI=1S/C10H14BrN/c1-3-8(2)12-10-6-4-5-9(11)7-10/h4-8,12H,3H2,1-2H3. The quantitative estimate of drug-likeness (QED) is 0.832. The third-order valence-corrected chi connectivity index (χ3v) is 2.34. The Morgan fingerprint density at radius 1 is 1.50 bits per heavy atom. The molecule has 1 rings (SSSR count). The molecule has 0 aliphatic heterocycles. The lowest BCUT2D eigenvalue weighted by molar-refractivity contribution is 0.764. The van der Waals surface area contributed by atoms with Gasteiger partial charge in [-0.3, -0.25) is 0 Å². The van der Waals surface area contributed by atoms with Crippen molar-refractivity contribution in [3.05, 3.63) is 28.7 Å². The van der Waals surface area contributed by atoms with Crippen molar-refractivity contribution in [1.29, 1.82) is 0 Å². The number of hydrogen-bond donors (Lipinski definition) is 1. The van der Waals surface area contributed by atoms with E-state index in [-0.39, 0.29) is 0 Å². The second-order valence-electron chi connectivity index (χ2n) is 2.96. The number of halogens is 1. The van der Waals surface area contributed by atoms with Gasteiger partial charge in [0.2, 0.25) is 0 Å². The van der Waals surface area contributed by atoms with Crippen LogP contribution in [0.2, 0.25) is 0 Å². The van der Waals surface area contributed by atoms with Crippen LogP contribution in [-0.2, 0) is 0 Å². The van der Waals surface area contributed by atoms with Gasteiger partial charge in [-0.25, -0.2) is 0 Å². The zero-order chi connectivity index (χ0) is 8.97. The summed E-state index contributed by atoms with van der Waals surface area (Å²) in [6.07, 6.45) is 1.15. The van der Waals surface area contributed by atoms with Crippen molar-refractivity contribution in [1.82, 2.24) is 0 Å². The Kier molecular flexibility index (Phi) is 3.60. The molecular formula is C10H14BrN. The van der Waals surface area contributed by atoms with Crippen molar-refractivity contribution < 1.29 is 0 Å². The highest BCUT2D eigenvalue weighted by atomic mass is 79.9. The maximum atomic E-state index is 3.43. The summed E-state index contributed by atoms with van der Waals surface area (Å²) in [4.78, 5) is 0. The minimum absolute atomic E-state index is 0.541. The summed E-state index contributed by atoms with van der Waals surface area (Å²) in [6, 6.07) is 8.78. The molecule has 1 atom stereocenters. The van der Waals surface area contributed by atoms with Gasteiger partial charge >= 0.3 is 0 Å². The highest BCUT2D eigenvalue weighted by molar-refractivity contribution is 9.10. The van der Waals surface area contributed by atoms with Gasteiger partial charge < -0.3 is 5.32 Å². The van der Waals surface area contributed by atoms with Gasteiger partial charge in [-0.15, -0.1) is 0 Å². The molecule has 0 fully saturated rings. The molecule has 1 unspecified atom stereocenters. The van der Waals surface area contributed by atoms with Crippen molar-refractivity contribution in [2.24, 2.45) is 0 Å². The Bertz CT molecular complexity index is 247. The van der Waals surface area contributed by atoms with Crippen molar-refractivity contribution in [3.8, 4) is 0 Å². The van der Waals surface area contributed by atoms with E-state index in [1.54, 1.807) is 0 Å². The Labute approximate surface area is 82.3 Å². The summed E-state index contributed by atoms with van der Waals surface area (Å²) in [7, 11) is 0. The molecule has 0 amide bonds. The average Bonchev–Trinajstić information content (AvgIpc) is 2.04. The van der Waals surface area contributed by atoms with Crippen LogP contribution in [0.1, 0.15) is 20.3 Å². The van der Waals surface area contributed by atoms with Crippen LogP contribution >= 0.6 is 15.9 Å². The smallest absolute Gasteiger partial charge is 0.0353 e. The second-order valence-corrected chi connectivity index (χ2v) is 3.88. The van der Waals surface area contributed by atoms with Crippen LogP contribution in [0.3, 0.4) is 0 Å². The fraction of sp³-hybridized carbons (Fsp3) is 0.400. The first-order chi connectivity index (χ1) is 5.72. The summed E-state index contributed by atoms with van der Waals surface area (Å²) in [6.45, 7) is 4.36. The van der Waals surface area contributed by atoms with Gasteiger partial charge in [0.1, 0.15) is 0 Å². The van der Waals surface area contributed by atoms with E-state index in [9.17, 15) is 0 Å². The Balaban J connectivity index is 2.63. The van der Waals surface area contributed by atoms with Crippen LogP contribution in [0.15, 0.2) is 28.7 Å². The molecule has 0 radical (unpaired) electrons. The molecule has 2 heteroatoms. The van der Waals surface area contributed by atoms with E-state index >= 15 is 0 Å². The van der Waals surface area contributed by atoms with Crippen LogP contribution < -0.4 is 5.32 Å². The molecule has 1 aromatic carbocycles. The van der Waals surface area contributed by atoms with Crippen LogP contribution in [0.5, 0.6) is 0 Å². The molecule has 0 spiro atoms. The third kappa shape index (κ3) is 2.86. The van der Waals surface area contributed by atoms with Gasteiger partial charge in [0.15, 0.2) is 0 Å². The van der Waals surface area contributed by atoms with E-state index in [4.69, 9.17) is 0 Å². The van der Waals surface area contributed by atoms with Gasteiger partial charge in [-0.05, 0) is 31.5 Å². The summed E-state index contributed by atoms with van der Waals surface area (Å²) in [5.74, 6) is 0. The zero-order valence-corrected chi connectivity index (χ0v) is 9.06. The number of nitrogens with one attached hydrogen (secondary N) is 1. The molecule has 0 aliphatic carbocycles. The summed E-state index contributed by atoms with van der Waals surface area (Å²) >= 11 is 3.43. The number of anilines is 1. The molecule has 0 saturated carbocycles. The molecule has 0 bridgehead atoms. The van der Waals surface area contributed by atoms with E-state index in [1.165, 1.54) is 5.69 Å². The maximum Gasteiger partial charge on any atom is 0.0353 e. The van der Waals surface area contributed by atoms with E-state index < -0.39 is 0 Å². The van der Waals surface area contributed by atoms with E-state index in [2.05, 4.69) is 47.2 Å². The van der Waals surface area contributed by atoms with Gasteiger partial charge in [0, 0.05) is 16.2 Å². The highest BCUT2D eigenvalue weighted by Gasteiger charge is 1.97. The lowest BCUT2D eigenvalue weighted by atomic mass is 10.2. The van der Waals surface area contributed by atoms with E-state index in [0.717, 1.165) is 10.9 Å². The second kappa shape index (κ2) is 4.51. The van der Waals surface area contributed by atoms with Crippen molar-refractivity contribution in [2.75, 3.05) is 5.32 Å². The summed E-state index contributed by atoms with van der Waals surface area (Å²) in [5, 5.41) is 3.40. The predicted molar refractivity (Wildman–Crippen MR) is 57.5 cm³/mol. The fourth-order valence-corrected chi connectivity index (χ4v) is 1.36. The molecular weight excluding hydrogens is 214 g/mol. The molecule has 1 nitrogen and oxygen atoms in total. The highest BCUT2D eigenvalue weighted by Crippen LogP contribution is 2.16. The molecule has 66 valence electrons. The van der Waals surface area contributed by atoms with Crippen molar-refractivity contribution in [2.45, 2.75) is 26.3 Å². The van der Waals surface area contributed by atoms with Crippen LogP contribution in [0, 0.1) is 0 Å². The third-order valence-electron chi connectivity index (χ3n) is 1.85. The Morgan fingerprint density at radius 3 is 2.83 bits per heavy atom. The minimum atomic E-state index is 0.541. The molecule has 0 saturated heterocycles. The first kappa shape index (κ1) is 9.59. The summed E-state index contributed by atoms with van der Waals surface area (Å²) in [5.41, 5.74) is 1.18. The molecule has 1 N–H and O–H groups in total. The fourth-order valence-electron chi connectivity index (χ4n) is 0.965. The van der Waals surface area contributed by atoms with Gasteiger partial charge in [0.05, 0.1) is 0 Å². The molecule has 1 aromatic rings. The van der Waals surface area contributed by atoms with E-state index in [0.29, 0.717) is 6.04 Å². The van der Waals surface area contributed by atoms with E-state index in [1.807, 2.05) is 12.1 Å². The summed E-state index contributed by atoms with van der Waals surface area (Å²) < 4.78 is 1.12. The number of hydrogen-bond acceptors (Lipinski definition) is 1. The lowest BCUT2D eigenvalue weighted by Gasteiger charge is -2.12. The van der Waals surface area contributed by atoms with Crippen molar-refractivity contribution >= 4 is 21.6 Å².